The first-order valence-electron chi connectivity index (χ1n) is 10.1. The van der Waals surface area contributed by atoms with E-state index in [2.05, 4.69) is 0 Å². The van der Waals surface area contributed by atoms with Crippen molar-refractivity contribution in [1.29, 1.82) is 0 Å². The van der Waals surface area contributed by atoms with Gasteiger partial charge in [0, 0.05) is 12.8 Å². The molecule has 1 aliphatic carbocycles. The smallest absolute Gasteiger partial charge is 0.346 e. The van der Waals surface area contributed by atoms with E-state index in [1.807, 2.05) is 0 Å². The lowest BCUT2D eigenvalue weighted by Crippen LogP contribution is -2.70. The molecule has 0 unspecified atom stereocenters. The standard InChI is InChI=1S/C21H34O9/c1-17(2,3)28-14(22)13-21(16(24)29-18(4,5)6,19(7,25)15(23)26-8)30-20(27-13)11-9-10-12-20/h13,25H,9-12H2,1-8H3/t13-,19+,21-/m1/s1. The number of hydrogen-bond acceptors (Lipinski definition) is 9. The van der Waals surface area contributed by atoms with Gasteiger partial charge in [0.1, 0.15) is 11.2 Å². The molecule has 0 radical (unpaired) electrons. The maximum atomic E-state index is 13.5. The lowest BCUT2D eigenvalue weighted by Gasteiger charge is -2.41. The molecule has 2 aliphatic rings. The molecule has 1 saturated heterocycles. The molecular weight excluding hydrogens is 396 g/mol. The van der Waals surface area contributed by atoms with Crippen molar-refractivity contribution in [1.82, 2.24) is 0 Å². The molecule has 1 N–H and O–H groups in total. The molecule has 0 aromatic heterocycles. The minimum atomic E-state index is -2.60. The van der Waals surface area contributed by atoms with Crippen LogP contribution in [0.2, 0.25) is 0 Å². The van der Waals surface area contributed by atoms with E-state index >= 15 is 0 Å². The Bertz CT molecular complexity index is 692. The van der Waals surface area contributed by atoms with Gasteiger partial charge in [0.25, 0.3) is 0 Å². The van der Waals surface area contributed by atoms with Crippen LogP contribution in [0.15, 0.2) is 0 Å². The Morgan fingerprint density at radius 2 is 1.43 bits per heavy atom. The van der Waals surface area contributed by atoms with Gasteiger partial charge in [-0.3, -0.25) is 0 Å². The van der Waals surface area contributed by atoms with E-state index in [-0.39, 0.29) is 0 Å². The van der Waals surface area contributed by atoms with Crippen LogP contribution in [0.25, 0.3) is 0 Å². The summed E-state index contributed by atoms with van der Waals surface area (Å²) in [5, 5.41) is 11.3. The van der Waals surface area contributed by atoms with Crippen molar-refractivity contribution < 1.29 is 43.2 Å². The maximum absolute atomic E-state index is 13.5. The van der Waals surface area contributed by atoms with Gasteiger partial charge in [-0.15, -0.1) is 0 Å². The molecule has 2 fully saturated rings. The summed E-state index contributed by atoms with van der Waals surface area (Å²) in [6, 6.07) is 0. The normalized spacial score (nSPS) is 28.1. The van der Waals surface area contributed by atoms with E-state index in [1.54, 1.807) is 41.5 Å². The zero-order chi connectivity index (χ0) is 23.2. The van der Waals surface area contributed by atoms with Crippen molar-refractivity contribution >= 4 is 17.9 Å². The monoisotopic (exact) mass is 430 g/mol. The molecule has 9 nitrogen and oxygen atoms in total. The molecule has 1 heterocycles. The largest absolute Gasteiger partial charge is 0.467 e. The van der Waals surface area contributed by atoms with Gasteiger partial charge in [-0.25, -0.2) is 14.4 Å². The van der Waals surface area contributed by atoms with Gasteiger partial charge in [-0.05, 0) is 61.3 Å². The fourth-order valence-electron chi connectivity index (χ4n) is 3.78. The van der Waals surface area contributed by atoms with Gasteiger partial charge in [0.15, 0.2) is 5.79 Å². The molecule has 2 rings (SSSR count). The molecule has 0 bridgehead atoms. The fourth-order valence-corrected chi connectivity index (χ4v) is 3.78. The number of ether oxygens (including phenoxy) is 5. The average molecular weight is 430 g/mol. The highest BCUT2D eigenvalue weighted by atomic mass is 16.8. The second kappa shape index (κ2) is 7.76. The first-order valence-corrected chi connectivity index (χ1v) is 10.1. The summed E-state index contributed by atoms with van der Waals surface area (Å²) in [6.45, 7) is 10.9. The third-order valence-electron chi connectivity index (χ3n) is 5.04. The second-order valence-electron chi connectivity index (χ2n) is 10.1. The van der Waals surface area contributed by atoms with Crippen LogP contribution in [0.1, 0.15) is 74.1 Å². The first kappa shape index (κ1) is 24.6. The highest BCUT2D eigenvalue weighted by Gasteiger charge is 2.76. The first-order chi connectivity index (χ1) is 13.5. The van der Waals surface area contributed by atoms with Crippen LogP contribution in [0.4, 0.5) is 0 Å². The van der Waals surface area contributed by atoms with Gasteiger partial charge < -0.3 is 28.8 Å². The third kappa shape index (κ3) is 4.48. The molecule has 0 amide bonds. The minimum Gasteiger partial charge on any atom is -0.467 e. The van der Waals surface area contributed by atoms with E-state index in [1.165, 1.54) is 0 Å². The molecule has 9 heteroatoms. The Hall–Kier alpha value is -1.71. The average Bonchev–Trinajstić information content (AvgIpc) is 3.17. The van der Waals surface area contributed by atoms with E-state index < -0.39 is 52.2 Å². The zero-order valence-corrected chi connectivity index (χ0v) is 19.1. The van der Waals surface area contributed by atoms with Crippen molar-refractivity contribution in [2.45, 2.75) is 108 Å². The zero-order valence-electron chi connectivity index (χ0n) is 19.1. The number of aliphatic hydroxyl groups is 1. The molecule has 30 heavy (non-hydrogen) atoms. The van der Waals surface area contributed by atoms with Crippen LogP contribution in [0, 0.1) is 0 Å². The number of carbonyl (C=O) groups is 3. The van der Waals surface area contributed by atoms with Gasteiger partial charge >= 0.3 is 17.9 Å². The number of esters is 3. The van der Waals surface area contributed by atoms with Crippen LogP contribution in [0.3, 0.4) is 0 Å². The molecule has 0 aromatic rings. The third-order valence-corrected chi connectivity index (χ3v) is 5.04. The summed E-state index contributed by atoms with van der Waals surface area (Å²) in [4.78, 5) is 39.2. The van der Waals surface area contributed by atoms with Crippen molar-refractivity contribution in [3.8, 4) is 0 Å². The molecule has 172 valence electrons. The predicted octanol–water partition coefficient (Wildman–Crippen LogP) is 2.02. The maximum Gasteiger partial charge on any atom is 0.346 e. The van der Waals surface area contributed by atoms with Crippen LogP contribution >= 0.6 is 0 Å². The van der Waals surface area contributed by atoms with Crippen molar-refractivity contribution in [2.75, 3.05) is 7.11 Å². The number of rotatable bonds is 4. The van der Waals surface area contributed by atoms with Crippen LogP contribution in [-0.2, 0) is 38.1 Å². The van der Waals surface area contributed by atoms with Crippen LogP contribution < -0.4 is 0 Å². The summed E-state index contributed by atoms with van der Waals surface area (Å²) in [5.74, 6) is -4.54. The SMILES string of the molecule is COC(=O)[C@](C)(O)[C@@]1(C(=O)OC(C)(C)C)OC2(CCCC2)O[C@@H]1C(=O)OC(C)(C)C. The van der Waals surface area contributed by atoms with Gasteiger partial charge in [0.2, 0.25) is 17.3 Å². The Balaban J connectivity index is 2.68. The minimum absolute atomic E-state index is 0.383. The molecule has 0 aromatic carbocycles. The van der Waals surface area contributed by atoms with E-state index in [0.29, 0.717) is 12.8 Å². The number of hydrogen-bond donors (Lipinski definition) is 1. The highest BCUT2D eigenvalue weighted by molar-refractivity contribution is 5.98. The van der Waals surface area contributed by atoms with Crippen molar-refractivity contribution in [3.63, 3.8) is 0 Å². The molecular formula is C21H34O9. The Morgan fingerprint density at radius 3 is 1.87 bits per heavy atom. The van der Waals surface area contributed by atoms with E-state index in [0.717, 1.165) is 26.9 Å². The van der Waals surface area contributed by atoms with Crippen LogP contribution in [-0.4, -0.2) is 64.4 Å². The van der Waals surface area contributed by atoms with Gasteiger partial charge in [-0.2, -0.15) is 0 Å². The van der Waals surface area contributed by atoms with Crippen molar-refractivity contribution in [3.05, 3.63) is 0 Å². The molecule has 3 atom stereocenters. The summed E-state index contributed by atoms with van der Waals surface area (Å²) in [6.07, 6.45) is 0.485. The topological polar surface area (TPSA) is 118 Å². The van der Waals surface area contributed by atoms with E-state index in [4.69, 9.17) is 23.7 Å². The molecule has 1 spiro atoms. The lowest BCUT2D eigenvalue weighted by molar-refractivity contribution is -0.242. The van der Waals surface area contributed by atoms with Crippen LogP contribution in [0.5, 0.6) is 0 Å². The number of carbonyl (C=O) groups excluding carboxylic acids is 3. The summed E-state index contributed by atoms with van der Waals surface area (Å²) in [7, 11) is 1.06. The quantitative estimate of drug-likeness (QED) is 0.528. The summed E-state index contributed by atoms with van der Waals surface area (Å²) in [5.41, 5.74) is -7.02. The lowest BCUT2D eigenvalue weighted by atomic mass is 9.79. The van der Waals surface area contributed by atoms with Crippen molar-refractivity contribution in [2.24, 2.45) is 0 Å². The molecule has 1 aliphatic heterocycles. The summed E-state index contributed by atoms with van der Waals surface area (Å²) < 4.78 is 27.8. The molecule has 1 saturated carbocycles. The predicted molar refractivity (Wildman–Crippen MR) is 104 cm³/mol. The number of methoxy groups -OCH3 is 1. The Kier molecular flexibility index (Phi) is 6.36. The Morgan fingerprint density at radius 1 is 0.933 bits per heavy atom. The van der Waals surface area contributed by atoms with Gasteiger partial charge in [-0.1, -0.05) is 0 Å². The summed E-state index contributed by atoms with van der Waals surface area (Å²) >= 11 is 0. The Labute approximate surface area is 177 Å². The highest BCUT2D eigenvalue weighted by Crippen LogP contribution is 2.51. The fraction of sp³-hybridized carbons (Fsp3) is 0.857. The second-order valence-corrected chi connectivity index (χ2v) is 10.1. The van der Waals surface area contributed by atoms with Gasteiger partial charge in [0.05, 0.1) is 7.11 Å². The van der Waals surface area contributed by atoms with E-state index in [9.17, 15) is 19.5 Å².